The zero-order chi connectivity index (χ0) is 15.2. The normalized spacial score (nSPS) is 23.6. The molecule has 0 heterocycles. The van der Waals surface area contributed by atoms with Crippen molar-refractivity contribution in [3.8, 4) is 0 Å². The standard InChI is InChI=1S/C17H24ClNO2/c1-12(10-13-2-4-14(18)5-3-13)11-17(21)19-15-6-8-16(20)9-7-15/h2-5,12,15-16,20H,6-11H2,1H3,(H,19,21). The van der Waals surface area contributed by atoms with E-state index in [1.807, 2.05) is 24.3 Å². The number of hydrogen-bond donors (Lipinski definition) is 2. The Morgan fingerprint density at radius 1 is 1.29 bits per heavy atom. The van der Waals surface area contributed by atoms with Gasteiger partial charge >= 0.3 is 0 Å². The van der Waals surface area contributed by atoms with Gasteiger partial charge in [-0.3, -0.25) is 4.79 Å². The Bertz CT molecular complexity index is 452. The molecule has 0 radical (unpaired) electrons. The molecule has 1 aromatic rings. The predicted octanol–water partition coefficient (Wildman–Crippen LogP) is 3.33. The van der Waals surface area contributed by atoms with Crippen molar-refractivity contribution in [2.24, 2.45) is 5.92 Å². The van der Waals surface area contributed by atoms with Crippen molar-refractivity contribution in [2.45, 2.75) is 57.6 Å². The van der Waals surface area contributed by atoms with Gasteiger partial charge in [-0.25, -0.2) is 0 Å². The maximum atomic E-state index is 12.1. The lowest BCUT2D eigenvalue weighted by Gasteiger charge is -2.26. The number of rotatable bonds is 5. The summed E-state index contributed by atoms with van der Waals surface area (Å²) in [7, 11) is 0. The van der Waals surface area contributed by atoms with Crippen LogP contribution in [0.2, 0.25) is 5.02 Å². The number of carbonyl (C=O) groups is 1. The number of hydrogen-bond acceptors (Lipinski definition) is 2. The van der Waals surface area contributed by atoms with E-state index in [4.69, 9.17) is 11.6 Å². The van der Waals surface area contributed by atoms with Gasteiger partial charge in [-0.2, -0.15) is 0 Å². The van der Waals surface area contributed by atoms with E-state index in [1.165, 1.54) is 5.56 Å². The van der Waals surface area contributed by atoms with Gasteiger partial charge < -0.3 is 10.4 Å². The monoisotopic (exact) mass is 309 g/mol. The van der Waals surface area contributed by atoms with Gasteiger partial charge in [-0.1, -0.05) is 30.7 Å². The van der Waals surface area contributed by atoms with Crippen LogP contribution in [0.4, 0.5) is 0 Å². The third-order valence-corrected chi connectivity index (χ3v) is 4.35. The first kappa shape index (κ1) is 16.3. The van der Waals surface area contributed by atoms with Gasteiger partial charge in [0.1, 0.15) is 0 Å². The summed E-state index contributed by atoms with van der Waals surface area (Å²) in [4.78, 5) is 12.1. The third-order valence-electron chi connectivity index (χ3n) is 4.09. The number of nitrogens with one attached hydrogen (secondary N) is 1. The zero-order valence-electron chi connectivity index (χ0n) is 12.5. The molecular weight excluding hydrogens is 286 g/mol. The van der Waals surface area contributed by atoms with E-state index >= 15 is 0 Å². The summed E-state index contributed by atoms with van der Waals surface area (Å²) in [5.41, 5.74) is 1.21. The highest BCUT2D eigenvalue weighted by molar-refractivity contribution is 6.30. The van der Waals surface area contributed by atoms with Gasteiger partial charge in [0, 0.05) is 17.5 Å². The highest BCUT2D eigenvalue weighted by Gasteiger charge is 2.21. The van der Waals surface area contributed by atoms with Crippen LogP contribution in [0.5, 0.6) is 0 Å². The van der Waals surface area contributed by atoms with Crippen LogP contribution in [0.1, 0.15) is 44.6 Å². The third kappa shape index (κ3) is 5.68. The van der Waals surface area contributed by atoms with Crippen molar-refractivity contribution in [1.29, 1.82) is 0 Å². The minimum Gasteiger partial charge on any atom is -0.393 e. The van der Waals surface area contributed by atoms with Gasteiger partial charge in [0.15, 0.2) is 0 Å². The maximum Gasteiger partial charge on any atom is 0.220 e. The Labute approximate surface area is 131 Å². The highest BCUT2D eigenvalue weighted by atomic mass is 35.5. The van der Waals surface area contributed by atoms with Crippen molar-refractivity contribution in [2.75, 3.05) is 0 Å². The molecule has 0 bridgehead atoms. The van der Waals surface area contributed by atoms with E-state index in [2.05, 4.69) is 12.2 Å². The van der Waals surface area contributed by atoms with Crippen LogP contribution in [0.15, 0.2) is 24.3 Å². The molecule has 0 saturated heterocycles. The van der Waals surface area contributed by atoms with Crippen molar-refractivity contribution in [3.05, 3.63) is 34.9 Å². The van der Waals surface area contributed by atoms with E-state index in [0.29, 0.717) is 12.3 Å². The molecular formula is C17H24ClNO2. The van der Waals surface area contributed by atoms with Crippen LogP contribution in [-0.2, 0) is 11.2 Å². The summed E-state index contributed by atoms with van der Waals surface area (Å²) in [5, 5.41) is 13.3. The molecule has 0 aromatic heterocycles. The Morgan fingerprint density at radius 3 is 2.52 bits per heavy atom. The van der Waals surface area contributed by atoms with Crippen molar-refractivity contribution in [3.63, 3.8) is 0 Å². The number of carbonyl (C=O) groups excluding carboxylic acids is 1. The lowest BCUT2D eigenvalue weighted by atomic mass is 9.92. The Morgan fingerprint density at radius 2 is 1.90 bits per heavy atom. The predicted molar refractivity (Wildman–Crippen MR) is 85.3 cm³/mol. The van der Waals surface area contributed by atoms with Crippen molar-refractivity contribution in [1.82, 2.24) is 5.32 Å². The van der Waals surface area contributed by atoms with E-state index < -0.39 is 0 Å². The molecule has 2 N–H and O–H groups in total. The average molecular weight is 310 g/mol. The minimum absolute atomic E-state index is 0.123. The lowest BCUT2D eigenvalue weighted by Crippen LogP contribution is -2.39. The van der Waals surface area contributed by atoms with Crippen LogP contribution in [-0.4, -0.2) is 23.2 Å². The van der Waals surface area contributed by atoms with E-state index in [-0.39, 0.29) is 18.1 Å². The number of aliphatic hydroxyl groups is 1. The number of benzene rings is 1. The molecule has 21 heavy (non-hydrogen) atoms. The van der Waals surface area contributed by atoms with Gasteiger partial charge in [0.2, 0.25) is 5.91 Å². The van der Waals surface area contributed by atoms with E-state index in [0.717, 1.165) is 37.1 Å². The molecule has 0 spiro atoms. The number of aliphatic hydroxyl groups excluding tert-OH is 1. The summed E-state index contributed by atoms with van der Waals surface area (Å²) in [6, 6.07) is 8.04. The fourth-order valence-corrected chi connectivity index (χ4v) is 3.04. The van der Waals surface area contributed by atoms with Crippen molar-refractivity contribution < 1.29 is 9.90 Å². The molecule has 4 heteroatoms. The molecule has 1 fully saturated rings. The molecule has 116 valence electrons. The second-order valence-electron chi connectivity index (χ2n) is 6.21. The summed E-state index contributed by atoms with van der Waals surface area (Å²) in [5.74, 6) is 0.429. The summed E-state index contributed by atoms with van der Waals surface area (Å²) >= 11 is 5.87. The highest BCUT2D eigenvalue weighted by Crippen LogP contribution is 2.19. The van der Waals surface area contributed by atoms with Crippen LogP contribution < -0.4 is 5.32 Å². The largest absolute Gasteiger partial charge is 0.393 e. The molecule has 1 unspecified atom stereocenters. The lowest BCUT2D eigenvalue weighted by molar-refractivity contribution is -0.123. The second kappa shape index (κ2) is 7.81. The van der Waals surface area contributed by atoms with E-state index in [9.17, 15) is 9.90 Å². The molecule has 3 nitrogen and oxygen atoms in total. The van der Waals surface area contributed by atoms with Crippen LogP contribution in [0.25, 0.3) is 0 Å². The van der Waals surface area contributed by atoms with Crippen molar-refractivity contribution >= 4 is 17.5 Å². The second-order valence-corrected chi connectivity index (χ2v) is 6.65. The summed E-state index contributed by atoms with van der Waals surface area (Å²) in [6.07, 6.45) is 4.62. The first-order chi connectivity index (χ1) is 10.0. The smallest absolute Gasteiger partial charge is 0.220 e. The average Bonchev–Trinajstić information content (AvgIpc) is 2.44. The van der Waals surface area contributed by atoms with Gasteiger partial charge in [-0.05, 0) is 55.7 Å². The molecule has 2 rings (SSSR count). The molecule has 1 saturated carbocycles. The zero-order valence-corrected chi connectivity index (χ0v) is 13.3. The first-order valence-electron chi connectivity index (χ1n) is 7.75. The Hall–Kier alpha value is -1.06. The van der Waals surface area contributed by atoms with Crippen LogP contribution in [0.3, 0.4) is 0 Å². The number of amides is 1. The molecule has 1 amide bonds. The Balaban J connectivity index is 1.73. The summed E-state index contributed by atoms with van der Waals surface area (Å²) < 4.78 is 0. The van der Waals surface area contributed by atoms with Gasteiger partial charge in [-0.15, -0.1) is 0 Å². The molecule has 1 aliphatic carbocycles. The minimum atomic E-state index is -0.179. The molecule has 1 aromatic carbocycles. The fourth-order valence-electron chi connectivity index (χ4n) is 2.92. The molecule has 1 aliphatic rings. The number of halogens is 1. The first-order valence-corrected chi connectivity index (χ1v) is 8.12. The topological polar surface area (TPSA) is 49.3 Å². The fraction of sp³-hybridized carbons (Fsp3) is 0.588. The maximum absolute atomic E-state index is 12.1. The van der Waals surface area contributed by atoms with Gasteiger partial charge in [0.25, 0.3) is 0 Å². The van der Waals surface area contributed by atoms with Gasteiger partial charge in [0.05, 0.1) is 6.10 Å². The van der Waals surface area contributed by atoms with Crippen LogP contribution in [0, 0.1) is 5.92 Å². The quantitative estimate of drug-likeness (QED) is 0.876. The Kier molecular flexibility index (Phi) is 6.07. The van der Waals surface area contributed by atoms with E-state index in [1.54, 1.807) is 0 Å². The molecule has 1 atom stereocenters. The molecule has 0 aliphatic heterocycles. The van der Waals surface area contributed by atoms with Crippen LogP contribution >= 0.6 is 11.6 Å². The summed E-state index contributed by atoms with van der Waals surface area (Å²) in [6.45, 7) is 2.10. The SMILES string of the molecule is CC(CC(=O)NC1CCC(O)CC1)Cc1ccc(Cl)cc1.